The summed E-state index contributed by atoms with van der Waals surface area (Å²) in [5.41, 5.74) is 1.24. The van der Waals surface area contributed by atoms with Crippen LogP contribution in [0.25, 0.3) is 0 Å². The van der Waals surface area contributed by atoms with E-state index in [4.69, 9.17) is 9.47 Å². The summed E-state index contributed by atoms with van der Waals surface area (Å²) < 4.78 is 11.4. The molecule has 4 heteroatoms. The van der Waals surface area contributed by atoms with Crippen LogP contribution in [0.1, 0.15) is 24.9 Å². The van der Waals surface area contributed by atoms with Crippen molar-refractivity contribution in [2.24, 2.45) is 0 Å². The lowest BCUT2D eigenvalue weighted by Gasteiger charge is -2.11. The third-order valence-corrected chi connectivity index (χ3v) is 3.23. The molecule has 4 nitrogen and oxygen atoms in total. The number of ether oxygens (including phenoxy) is 2. The Hall–Kier alpha value is -1.26. The summed E-state index contributed by atoms with van der Waals surface area (Å²) in [6, 6.07) is 6.47. The van der Waals surface area contributed by atoms with E-state index in [9.17, 15) is 0 Å². The van der Waals surface area contributed by atoms with Crippen LogP contribution in [-0.4, -0.2) is 45.3 Å². The highest BCUT2D eigenvalue weighted by Gasteiger charge is 2.23. The van der Waals surface area contributed by atoms with Gasteiger partial charge in [-0.3, -0.25) is 0 Å². The Bertz CT molecular complexity index is 407. The van der Waals surface area contributed by atoms with Crippen molar-refractivity contribution in [2.45, 2.75) is 19.4 Å². The number of nitrogens with one attached hydrogen (secondary N) is 1. The van der Waals surface area contributed by atoms with E-state index in [2.05, 4.69) is 37.3 Å². The highest BCUT2D eigenvalue weighted by molar-refractivity contribution is 5.45. The molecule has 0 spiro atoms. The maximum atomic E-state index is 5.75. The summed E-state index contributed by atoms with van der Waals surface area (Å²) in [6.45, 7) is 5.57. The number of nitrogens with zero attached hydrogens (tertiary/aromatic N) is 1. The minimum absolute atomic E-state index is 0.322. The predicted molar refractivity (Wildman–Crippen MR) is 77.0 cm³/mol. The van der Waals surface area contributed by atoms with Crippen molar-refractivity contribution in [1.82, 2.24) is 10.2 Å². The molecule has 0 bridgehead atoms. The van der Waals surface area contributed by atoms with Gasteiger partial charge in [-0.2, -0.15) is 0 Å². The van der Waals surface area contributed by atoms with Gasteiger partial charge >= 0.3 is 0 Å². The fourth-order valence-corrected chi connectivity index (χ4v) is 2.27. The first-order chi connectivity index (χ1) is 9.20. The largest absolute Gasteiger partial charge is 0.493 e. The number of likely N-dealkylation sites (N-methyl/N-ethyl adjacent to an activating group) is 1. The Labute approximate surface area is 115 Å². The zero-order valence-corrected chi connectivity index (χ0v) is 12.1. The van der Waals surface area contributed by atoms with Gasteiger partial charge in [0, 0.05) is 18.2 Å². The summed E-state index contributed by atoms with van der Waals surface area (Å²) in [7, 11) is 4.15. The van der Waals surface area contributed by atoms with Crippen molar-refractivity contribution in [3.8, 4) is 11.5 Å². The van der Waals surface area contributed by atoms with Crippen LogP contribution in [0.15, 0.2) is 18.2 Å². The van der Waals surface area contributed by atoms with Crippen molar-refractivity contribution >= 4 is 0 Å². The molecule has 0 saturated carbocycles. The van der Waals surface area contributed by atoms with Crippen molar-refractivity contribution in [3.63, 3.8) is 0 Å². The first-order valence-corrected chi connectivity index (χ1v) is 6.98. The summed E-state index contributed by atoms with van der Waals surface area (Å²) in [5.74, 6) is 1.85. The normalized spacial score (nSPS) is 17.4. The highest BCUT2D eigenvalue weighted by atomic mass is 16.5. The molecule has 0 saturated heterocycles. The van der Waals surface area contributed by atoms with E-state index in [1.807, 2.05) is 12.1 Å². The second-order valence-electron chi connectivity index (χ2n) is 5.13. The summed E-state index contributed by atoms with van der Waals surface area (Å²) >= 11 is 0. The molecule has 0 radical (unpaired) electrons. The third kappa shape index (κ3) is 3.85. The van der Waals surface area contributed by atoms with Gasteiger partial charge in [0.05, 0.1) is 12.6 Å². The van der Waals surface area contributed by atoms with Crippen LogP contribution in [-0.2, 0) is 0 Å². The molecule has 0 aliphatic carbocycles. The Kier molecular flexibility index (Phi) is 5.05. The molecule has 1 heterocycles. The fraction of sp³-hybridized carbons (Fsp3) is 0.600. The van der Waals surface area contributed by atoms with Gasteiger partial charge in [-0.15, -0.1) is 0 Å². The summed E-state index contributed by atoms with van der Waals surface area (Å²) in [4.78, 5) is 2.16. The Morgan fingerprint density at radius 3 is 3.00 bits per heavy atom. The standard InChI is InChI=1S/C15H24N2O2/c1-4-16-14-11-19-15-10-12(6-7-13(14)15)18-9-5-8-17(2)3/h6-7,10,14,16H,4-5,8-9,11H2,1-3H3. The van der Waals surface area contributed by atoms with Crippen LogP contribution in [0.3, 0.4) is 0 Å². The van der Waals surface area contributed by atoms with E-state index >= 15 is 0 Å². The van der Waals surface area contributed by atoms with E-state index in [1.54, 1.807) is 0 Å². The fourth-order valence-electron chi connectivity index (χ4n) is 2.27. The van der Waals surface area contributed by atoms with Crippen molar-refractivity contribution in [3.05, 3.63) is 23.8 Å². The summed E-state index contributed by atoms with van der Waals surface area (Å²) in [6.07, 6.45) is 1.03. The van der Waals surface area contributed by atoms with E-state index in [-0.39, 0.29) is 0 Å². The first-order valence-electron chi connectivity index (χ1n) is 6.98. The molecule has 1 aliphatic rings. The van der Waals surface area contributed by atoms with Gasteiger partial charge in [-0.1, -0.05) is 6.92 Å². The molecule has 106 valence electrons. The molecule has 1 N–H and O–H groups in total. The molecule has 1 atom stereocenters. The average molecular weight is 264 g/mol. The molecule has 0 amide bonds. The van der Waals surface area contributed by atoms with Crippen molar-refractivity contribution < 1.29 is 9.47 Å². The van der Waals surface area contributed by atoms with Gasteiger partial charge in [-0.05, 0) is 39.2 Å². The third-order valence-electron chi connectivity index (χ3n) is 3.23. The molecule has 1 unspecified atom stereocenters. The molecular weight excluding hydrogens is 240 g/mol. The van der Waals surface area contributed by atoms with Crippen LogP contribution < -0.4 is 14.8 Å². The zero-order chi connectivity index (χ0) is 13.7. The average Bonchev–Trinajstić information content (AvgIpc) is 2.78. The molecule has 1 aliphatic heterocycles. The lowest BCUT2D eigenvalue weighted by molar-refractivity contribution is 0.279. The molecular formula is C15H24N2O2. The van der Waals surface area contributed by atoms with E-state index < -0.39 is 0 Å². The first kappa shape index (κ1) is 14.2. The van der Waals surface area contributed by atoms with Gasteiger partial charge in [0.25, 0.3) is 0 Å². The SMILES string of the molecule is CCNC1COc2cc(OCCCN(C)C)ccc21. The van der Waals surface area contributed by atoms with Crippen molar-refractivity contribution in [1.29, 1.82) is 0 Å². The van der Waals surface area contributed by atoms with Gasteiger partial charge in [0.2, 0.25) is 0 Å². The maximum absolute atomic E-state index is 5.75. The van der Waals surface area contributed by atoms with E-state index in [0.29, 0.717) is 12.6 Å². The molecule has 2 rings (SSSR count). The number of hydrogen-bond acceptors (Lipinski definition) is 4. The minimum Gasteiger partial charge on any atom is -0.493 e. The minimum atomic E-state index is 0.322. The zero-order valence-electron chi connectivity index (χ0n) is 12.1. The molecule has 1 aromatic rings. The smallest absolute Gasteiger partial charge is 0.127 e. The quantitative estimate of drug-likeness (QED) is 0.764. The topological polar surface area (TPSA) is 33.7 Å². The van der Waals surface area contributed by atoms with Crippen LogP contribution >= 0.6 is 0 Å². The monoisotopic (exact) mass is 264 g/mol. The van der Waals surface area contributed by atoms with E-state index in [1.165, 1.54) is 5.56 Å². The molecule has 1 aromatic carbocycles. The van der Waals surface area contributed by atoms with Crippen LogP contribution in [0.4, 0.5) is 0 Å². The van der Waals surface area contributed by atoms with Gasteiger partial charge in [-0.25, -0.2) is 0 Å². The molecule has 0 aromatic heterocycles. The van der Waals surface area contributed by atoms with Gasteiger partial charge < -0.3 is 19.7 Å². The number of fused-ring (bicyclic) bond motifs is 1. The lowest BCUT2D eigenvalue weighted by atomic mass is 10.1. The lowest BCUT2D eigenvalue weighted by Crippen LogP contribution is -2.21. The second kappa shape index (κ2) is 6.78. The van der Waals surface area contributed by atoms with Crippen LogP contribution in [0.5, 0.6) is 11.5 Å². The van der Waals surface area contributed by atoms with Crippen LogP contribution in [0, 0.1) is 0 Å². The second-order valence-corrected chi connectivity index (χ2v) is 5.13. The Morgan fingerprint density at radius 2 is 2.26 bits per heavy atom. The highest BCUT2D eigenvalue weighted by Crippen LogP contribution is 2.35. The van der Waals surface area contributed by atoms with Crippen molar-refractivity contribution in [2.75, 3.05) is 40.4 Å². The maximum Gasteiger partial charge on any atom is 0.127 e. The van der Waals surface area contributed by atoms with E-state index in [0.717, 1.165) is 37.6 Å². The Balaban J connectivity index is 1.88. The Morgan fingerprint density at radius 1 is 1.42 bits per heavy atom. The summed E-state index contributed by atoms with van der Waals surface area (Å²) in [5, 5.41) is 3.41. The van der Waals surface area contributed by atoms with Gasteiger partial charge in [0.1, 0.15) is 18.1 Å². The number of rotatable bonds is 7. The number of hydrogen-bond donors (Lipinski definition) is 1. The van der Waals surface area contributed by atoms with Crippen LogP contribution in [0.2, 0.25) is 0 Å². The van der Waals surface area contributed by atoms with Gasteiger partial charge in [0.15, 0.2) is 0 Å². The predicted octanol–water partition coefficient (Wildman–Crippen LogP) is 2.06. The molecule has 19 heavy (non-hydrogen) atoms. The molecule has 0 fully saturated rings. The number of benzene rings is 1.